The quantitative estimate of drug-likeness (QED) is 0.250. The van der Waals surface area contributed by atoms with Crippen molar-refractivity contribution < 1.29 is 0 Å². The first-order chi connectivity index (χ1) is 10.8. The highest BCUT2D eigenvalue weighted by molar-refractivity contribution is 5.72. The molecule has 0 radical (unpaired) electrons. The van der Waals surface area contributed by atoms with Gasteiger partial charge in [-0.15, -0.1) is 0 Å². The lowest BCUT2D eigenvalue weighted by molar-refractivity contribution is 0.728. The molecule has 1 aromatic carbocycles. The van der Waals surface area contributed by atoms with Gasteiger partial charge in [-0.1, -0.05) is 87.1 Å². The van der Waals surface area contributed by atoms with Gasteiger partial charge in [-0.25, -0.2) is 0 Å². The number of hydrogen-bond acceptors (Lipinski definition) is 0. The van der Waals surface area contributed by atoms with Crippen molar-refractivity contribution in [3.05, 3.63) is 78.4 Å². The summed E-state index contributed by atoms with van der Waals surface area (Å²) in [6.07, 6.45) is 20.2. The van der Waals surface area contributed by atoms with E-state index in [2.05, 4.69) is 56.0 Å². The fraction of sp³-hybridized carbons (Fsp3) is 0.364. The van der Waals surface area contributed by atoms with Crippen LogP contribution in [-0.4, -0.2) is 0 Å². The van der Waals surface area contributed by atoms with Crippen molar-refractivity contribution in [2.45, 2.75) is 52.4 Å². The standard InChI is InChI=1S/C22H30/c1-4-6-8-9-10-11-13-16-21-17-14-18-22(19-21)20(3)15-12-7-5-2/h5,7,10-12,14-15,17-19H,3-4,6,8-9,13,16H2,1-2H3/b7-5-,11-10?,15-12-. The molecule has 0 aliphatic heterocycles. The van der Waals surface area contributed by atoms with Crippen molar-refractivity contribution in [3.8, 4) is 0 Å². The van der Waals surface area contributed by atoms with Gasteiger partial charge in [0.1, 0.15) is 0 Å². The van der Waals surface area contributed by atoms with Gasteiger partial charge in [0, 0.05) is 0 Å². The number of unbranched alkanes of at least 4 members (excludes halogenated alkanes) is 3. The molecule has 0 bridgehead atoms. The molecule has 0 saturated heterocycles. The molecule has 0 heteroatoms. The Morgan fingerprint density at radius 2 is 1.91 bits per heavy atom. The van der Waals surface area contributed by atoms with Gasteiger partial charge >= 0.3 is 0 Å². The van der Waals surface area contributed by atoms with Crippen LogP contribution in [0.25, 0.3) is 5.57 Å². The molecule has 0 saturated carbocycles. The summed E-state index contributed by atoms with van der Waals surface area (Å²) >= 11 is 0. The van der Waals surface area contributed by atoms with Crippen molar-refractivity contribution >= 4 is 5.57 Å². The molecular weight excluding hydrogens is 264 g/mol. The Morgan fingerprint density at radius 3 is 2.68 bits per heavy atom. The van der Waals surface area contributed by atoms with E-state index in [9.17, 15) is 0 Å². The average Bonchev–Trinajstić information content (AvgIpc) is 2.54. The third kappa shape index (κ3) is 7.83. The first-order valence-electron chi connectivity index (χ1n) is 8.50. The predicted octanol–water partition coefficient (Wildman–Crippen LogP) is 6.90. The van der Waals surface area contributed by atoms with Gasteiger partial charge in [0.25, 0.3) is 0 Å². The number of aryl methyl sites for hydroxylation is 1. The van der Waals surface area contributed by atoms with Crippen LogP contribution in [0, 0.1) is 0 Å². The minimum Gasteiger partial charge on any atom is -0.0912 e. The van der Waals surface area contributed by atoms with Crippen LogP contribution in [0.2, 0.25) is 0 Å². The molecule has 0 aliphatic carbocycles. The molecule has 0 amide bonds. The lowest BCUT2D eigenvalue weighted by Gasteiger charge is -2.04. The molecule has 0 unspecified atom stereocenters. The monoisotopic (exact) mass is 294 g/mol. The lowest BCUT2D eigenvalue weighted by atomic mass is 10.0. The van der Waals surface area contributed by atoms with Crippen molar-refractivity contribution in [2.75, 3.05) is 0 Å². The Kier molecular flexibility index (Phi) is 9.78. The van der Waals surface area contributed by atoms with E-state index in [0.29, 0.717) is 0 Å². The van der Waals surface area contributed by atoms with Crippen LogP contribution >= 0.6 is 0 Å². The Bertz CT molecular complexity index is 515. The maximum Gasteiger partial charge on any atom is -0.0187 e. The fourth-order valence-corrected chi connectivity index (χ4v) is 2.30. The smallest absolute Gasteiger partial charge is 0.0187 e. The summed E-state index contributed by atoms with van der Waals surface area (Å²) in [6.45, 7) is 8.41. The second-order valence-electron chi connectivity index (χ2n) is 5.62. The minimum absolute atomic E-state index is 1.06. The summed E-state index contributed by atoms with van der Waals surface area (Å²) in [5.41, 5.74) is 3.66. The summed E-state index contributed by atoms with van der Waals surface area (Å²) in [6, 6.07) is 8.72. The summed E-state index contributed by atoms with van der Waals surface area (Å²) in [5, 5.41) is 0. The van der Waals surface area contributed by atoms with Crippen molar-refractivity contribution in [1.82, 2.24) is 0 Å². The number of allylic oxidation sites excluding steroid dienone is 7. The van der Waals surface area contributed by atoms with E-state index in [1.165, 1.54) is 36.8 Å². The molecule has 0 spiro atoms. The largest absolute Gasteiger partial charge is 0.0912 e. The molecule has 0 heterocycles. The normalized spacial score (nSPS) is 11.9. The van der Waals surface area contributed by atoms with E-state index in [4.69, 9.17) is 0 Å². The number of hydrogen-bond donors (Lipinski definition) is 0. The molecule has 118 valence electrons. The zero-order valence-corrected chi connectivity index (χ0v) is 14.2. The van der Waals surface area contributed by atoms with Crippen LogP contribution in [0.15, 0.2) is 67.3 Å². The second-order valence-corrected chi connectivity index (χ2v) is 5.62. The first kappa shape index (κ1) is 18.2. The molecule has 0 aromatic heterocycles. The number of benzene rings is 1. The maximum atomic E-state index is 4.14. The Labute approximate surface area is 137 Å². The van der Waals surface area contributed by atoms with Crippen molar-refractivity contribution in [1.29, 1.82) is 0 Å². The highest BCUT2D eigenvalue weighted by Crippen LogP contribution is 2.16. The van der Waals surface area contributed by atoms with E-state index in [-0.39, 0.29) is 0 Å². The van der Waals surface area contributed by atoms with Crippen LogP contribution in [0.3, 0.4) is 0 Å². The third-order valence-electron chi connectivity index (χ3n) is 3.64. The predicted molar refractivity (Wildman–Crippen MR) is 101 cm³/mol. The second kappa shape index (κ2) is 11.8. The lowest BCUT2D eigenvalue weighted by Crippen LogP contribution is -1.86. The van der Waals surface area contributed by atoms with Gasteiger partial charge in [-0.2, -0.15) is 0 Å². The van der Waals surface area contributed by atoms with Gasteiger partial charge < -0.3 is 0 Å². The number of rotatable bonds is 10. The van der Waals surface area contributed by atoms with Gasteiger partial charge in [-0.05, 0) is 49.3 Å². The van der Waals surface area contributed by atoms with E-state index in [1.807, 2.05) is 25.2 Å². The zero-order valence-electron chi connectivity index (χ0n) is 14.2. The van der Waals surface area contributed by atoms with E-state index in [0.717, 1.165) is 18.4 Å². The zero-order chi connectivity index (χ0) is 16.0. The molecular formula is C22H30. The molecule has 0 atom stereocenters. The SMILES string of the molecule is C=C(/C=C\C=C/C)c1cccc(CCC=CCCCCC)c1. The highest BCUT2D eigenvalue weighted by Gasteiger charge is 1.97. The molecule has 1 rings (SSSR count). The van der Waals surface area contributed by atoms with Crippen molar-refractivity contribution in [2.24, 2.45) is 0 Å². The van der Waals surface area contributed by atoms with Gasteiger partial charge in [0.2, 0.25) is 0 Å². The van der Waals surface area contributed by atoms with Crippen LogP contribution < -0.4 is 0 Å². The first-order valence-corrected chi connectivity index (χ1v) is 8.50. The molecule has 0 aliphatic rings. The van der Waals surface area contributed by atoms with E-state index >= 15 is 0 Å². The molecule has 0 fully saturated rings. The molecule has 1 aromatic rings. The van der Waals surface area contributed by atoms with Crippen molar-refractivity contribution in [3.63, 3.8) is 0 Å². The third-order valence-corrected chi connectivity index (χ3v) is 3.64. The van der Waals surface area contributed by atoms with Crippen LogP contribution in [0.1, 0.15) is 57.1 Å². The Hall–Kier alpha value is -1.82. The Morgan fingerprint density at radius 1 is 1.09 bits per heavy atom. The summed E-state index contributed by atoms with van der Waals surface area (Å²) in [4.78, 5) is 0. The minimum atomic E-state index is 1.06. The van der Waals surface area contributed by atoms with Gasteiger partial charge in [0.15, 0.2) is 0 Å². The van der Waals surface area contributed by atoms with Crippen LogP contribution in [0.5, 0.6) is 0 Å². The van der Waals surface area contributed by atoms with Crippen LogP contribution in [0.4, 0.5) is 0 Å². The average molecular weight is 294 g/mol. The molecule has 22 heavy (non-hydrogen) atoms. The van der Waals surface area contributed by atoms with Gasteiger partial charge in [-0.3, -0.25) is 0 Å². The fourth-order valence-electron chi connectivity index (χ4n) is 2.30. The summed E-state index contributed by atoms with van der Waals surface area (Å²) in [5.74, 6) is 0. The van der Waals surface area contributed by atoms with E-state index < -0.39 is 0 Å². The molecule has 0 nitrogen and oxygen atoms in total. The van der Waals surface area contributed by atoms with Crippen LogP contribution in [-0.2, 0) is 6.42 Å². The maximum absolute atomic E-state index is 4.14. The Balaban J connectivity index is 2.45. The summed E-state index contributed by atoms with van der Waals surface area (Å²) < 4.78 is 0. The topological polar surface area (TPSA) is 0 Å². The highest BCUT2D eigenvalue weighted by atomic mass is 14.0. The summed E-state index contributed by atoms with van der Waals surface area (Å²) in [7, 11) is 0. The van der Waals surface area contributed by atoms with E-state index in [1.54, 1.807) is 0 Å². The van der Waals surface area contributed by atoms with Gasteiger partial charge in [0.05, 0.1) is 0 Å². The molecule has 0 N–H and O–H groups in total.